The number of nitrogens with one attached hydrogen (secondary N) is 1. The van der Waals surface area contributed by atoms with E-state index < -0.39 is 5.60 Å². The Morgan fingerprint density at radius 1 is 0.897 bits per heavy atom. The van der Waals surface area contributed by atoms with Gasteiger partial charge < -0.3 is 14.6 Å². The summed E-state index contributed by atoms with van der Waals surface area (Å²) in [6.07, 6.45) is 0. The third-order valence-corrected chi connectivity index (χ3v) is 5.81. The number of aryl methyl sites for hydroxylation is 1. The van der Waals surface area contributed by atoms with Crippen molar-refractivity contribution >= 4 is 22.6 Å². The van der Waals surface area contributed by atoms with E-state index in [1.54, 1.807) is 0 Å². The number of hydrogen-bond acceptors (Lipinski definition) is 3. The number of aromatic amines is 1. The molecule has 144 valence electrons. The van der Waals surface area contributed by atoms with E-state index in [9.17, 15) is 4.79 Å². The van der Waals surface area contributed by atoms with Gasteiger partial charge in [-0.05, 0) is 31.2 Å². The first-order valence-electron chi connectivity index (χ1n) is 9.71. The summed E-state index contributed by atoms with van der Waals surface area (Å²) in [4.78, 5) is 18.5. The molecule has 0 saturated heterocycles. The quantitative estimate of drug-likeness (QED) is 0.507. The molecule has 0 fully saturated rings. The van der Waals surface area contributed by atoms with E-state index in [0.29, 0.717) is 5.56 Å². The fourth-order valence-electron chi connectivity index (χ4n) is 4.49. The molecule has 0 amide bonds. The molecule has 0 bridgehead atoms. The molecular formula is C25H22N2O2. The van der Waals surface area contributed by atoms with Gasteiger partial charge in [-0.3, -0.25) is 0 Å². The van der Waals surface area contributed by atoms with Crippen molar-refractivity contribution < 1.29 is 9.53 Å². The van der Waals surface area contributed by atoms with Gasteiger partial charge in [-0.1, -0.05) is 48.5 Å². The Hall–Kier alpha value is -3.53. The minimum absolute atomic E-state index is 0.290. The predicted octanol–water partition coefficient (Wildman–Crippen LogP) is 5.00. The smallest absolute Gasteiger partial charge is 0.340 e. The van der Waals surface area contributed by atoms with E-state index in [1.165, 1.54) is 0 Å². The van der Waals surface area contributed by atoms with Crippen molar-refractivity contribution in [2.75, 3.05) is 19.0 Å². The SMILES string of the molecule is Cc1[nH]c2ccccc2c1C1(c2ccc(N(C)C)cc2)OC(=O)c2ccccc21. The lowest BCUT2D eigenvalue weighted by atomic mass is 9.78. The minimum atomic E-state index is -0.984. The molecule has 2 heterocycles. The van der Waals surface area contributed by atoms with Crippen LogP contribution in [0.25, 0.3) is 10.9 Å². The molecule has 1 aliphatic rings. The molecule has 1 aliphatic heterocycles. The minimum Gasteiger partial charge on any atom is -0.440 e. The molecule has 4 nitrogen and oxygen atoms in total. The lowest BCUT2D eigenvalue weighted by molar-refractivity contribution is 0.0254. The molecule has 4 heteroatoms. The summed E-state index contributed by atoms with van der Waals surface area (Å²) in [5.41, 5.74) is 5.57. The lowest BCUT2D eigenvalue weighted by Crippen LogP contribution is -2.30. The molecule has 1 N–H and O–H groups in total. The zero-order valence-corrected chi connectivity index (χ0v) is 16.7. The van der Waals surface area contributed by atoms with Crippen molar-refractivity contribution in [3.05, 3.63) is 101 Å². The van der Waals surface area contributed by atoms with Crippen LogP contribution in [0, 0.1) is 6.92 Å². The van der Waals surface area contributed by atoms with Crippen molar-refractivity contribution in [1.29, 1.82) is 0 Å². The highest BCUT2D eigenvalue weighted by Gasteiger charge is 2.50. The van der Waals surface area contributed by atoms with Gasteiger partial charge in [0.15, 0.2) is 5.60 Å². The Bertz CT molecular complexity index is 1240. The second kappa shape index (κ2) is 6.24. The zero-order valence-electron chi connectivity index (χ0n) is 16.7. The largest absolute Gasteiger partial charge is 0.440 e. The predicted molar refractivity (Wildman–Crippen MR) is 116 cm³/mol. The fraction of sp³-hybridized carbons (Fsp3) is 0.160. The first-order chi connectivity index (χ1) is 14.0. The number of aromatic nitrogens is 1. The monoisotopic (exact) mass is 382 g/mol. The number of fused-ring (bicyclic) bond motifs is 2. The van der Waals surface area contributed by atoms with E-state index in [4.69, 9.17) is 4.74 Å². The Morgan fingerprint density at radius 2 is 1.59 bits per heavy atom. The third kappa shape index (κ3) is 2.42. The number of H-pyrrole nitrogens is 1. The van der Waals surface area contributed by atoms with E-state index in [1.807, 2.05) is 57.4 Å². The molecule has 0 saturated carbocycles. The van der Waals surface area contributed by atoms with Gasteiger partial charge in [0.2, 0.25) is 0 Å². The van der Waals surface area contributed by atoms with Crippen molar-refractivity contribution in [2.45, 2.75) is 12.5 Å². The molecule has 1 atom stereocenters. The average Bonchev–Trinajstić information content (AvgIpc) is 3.22. The average molecular weight is 382 g/mol. The van der Waals surface area contributed by atoms with Crippen LogP contribution in [-0.4, -0.2) is 25.0 Å². The van der Waals surface area contributed by atoms with Crippen LogP contribution in [0.1, 0.15) is 32.7 Å². The molecule has 1 unspecified atom stereocenters. The highest BCUT2D eigenvalue weighted by molar-refractivity contribution is 5.98. The number of hydrogen-bond donors (Lipinski definition) is 1. The third-order valence-electron chi connectivity index (χ3n) is 5.81. The fourth-order valence-corrected chi connectivity index (χ4v) is 4.49. The number of esters is 1. The van der Waals surface area contributed by atoms with E-state index >= 15 is 0 Å². The number of carbonyl (C=O) groups excluding carboxylic acids is 1. The molecule has 0 spiro atoms. The summed E-state index contributed by atoms with van der Waals surface area (Å²) in [7, 11) is 4.03. The summed E-state index contributed by atoms with van der Waals surface area (Å²) < 4.78 is 6.27. The maximum Gasteiger partial charge on any atom is 0.340 e. The second-order valence-corrected chi connectivity index (χ2v) is 7.73. The molecule has 5 rings (SSSR count). The van der Waals surface area contributed by atoms with Crippen molar-refractivity contribution in [3.8, 4) is 0 Å². The van der Waals surface area contributed by atoms with Gasteiger partial charge in [0, 0.05) is 53.1 Å². The summed E-state index contributed by atoms with van der Waals surface area (Å²) >= 11 is 0. The Kier molecular flexibility index (Phi) is 3.78. The molecule has 0 radical (unpaired) electrons. The highest BCUT2D eigenvalue weighted by atomic mass is 16.6. The summed E-state index contributed by atoms with van der Waals surface area (Å²) in [5.74, 6) is -0.290. The van der Waals surface area contributed by atoms with Gasteiger partial charge in [0.05, 0.1) is 5.56 Å². The van der Waals surface area contributed by atoms with Crippen LogP contribution in [-0.2, 0) is 10.3 Å². The van der Waals surface area contributed by atoms with Gasteiger partial charge in [-0.2, -0.15) is 0 Å². The van der Waals surface area contributed by atoms with Crippen LogP contribution >= 0.6 is 0 Å². The van der Waals surface area contributed by atoms with Crippen molar-refractivity contribution in [2.24, 2.45) is 0 Å². The Labute approximate surface area is 169 Å². The van der Waals surface area contributed by atoms with Crippen LogP contribution in [0.2, 0.25) is 0 Å². The Balaban J connectivity index is 1.87. The normalized spacial score (nSPS) is 18.0. The van der Waals surface area contributed by atoms with Crippen molar-refractivity contribution in [1.82, 2.24) is 4.98 Å². The van der Waals surface area contributed by atoms with Crippen LogP contribution in [0.15, 0.2) is 72.8 Å². The topological polar surface area (TPSA) is 45.3 Å². The number of carbonyl (C=O) groups is 1. The molecular weight excluding hydrogens is 360 g/mol. The van der Waals surface area contributed by atoms with Crippen LogP contribution in [0.4, 0.5) is 5.69 Å². The number of anilines is 1. The second-order valence-electron chi connectivity index (χ2n) is 7.73. The van der Waals surface area contributed by atoms with Gasteiger partial charge in [-0.25, -0.2) is 4.79 Å². The van der Waals surface area contributed by atoms with E-state index in [-0.39, 0.29) is 5.97 Å². The van der Waals surface area contributed by atoms with E-state index in [2.05, 4.69) is 46.3 Å². The number of rotatable bonds is 3. The first kappa shape index (κ1) is 17.6. The molecule has 29 heavy (non-hydrogen) atoms. The molecule has 0 aliphatic carbocycles. The standard InChI is InChI=1S/C25H22N2O2/c1-16-23(20-9-5-7-11-22(20)26-16)25(17-12-14-18(15-13-17)27(2)3)21-10-6-4-8-19(21)24(28)29-25/h4-15,26H,1-3H3. The maximum absolute atomic E-state index is 12.9. The molecule has 1 aromatic heterocycles. The first-order valence-corrected chi connectivity index (χ1v) is 9.71. The van der Waals surface area contributed by atoms with Crippen molar-refractivity contribution in [3.63, 3.8) is 0 Å². The lowest BCUT2D eigenvalue weighted by Gasteiger charge is -2.31. The summed E-state index contributed by atoms with van der Waals surface area (Å²) in [6, 6.07) is 24.1. The van der Waals surface area contributed by atoms with Crippen LogP contribution in [0.5, 0.6) is 0 Å². The molecule has 3 aromatic carbocycles. The molecule has 4 aromatic rings. The van der Waals surface area contributed by atoms with Gasteiger partial charge >= 0.3 is 5.97 Å². The van der Waals surface area contributed by atoms with Gasteiger partial charge in [0.25, 0.3) is 0 Å². The summed E-state index contributed by atoms with van der Waals surface area (Å²) in [5, 5.41) is 1.06. The highest BCUT2D eigenvalue weighted by Crippen LogP contribution is 2.50. The summed E-state index contributed by atoms with van der Waals surface area (Å²) in [6.45, 7) is 2.04. The number of para-hydroxylation sites is 1. The van der Waals surface area contributed by atoms with Gasteiger partial charge in [-0.15, -0.1) is 0 Å². The zero-order chi connectivity index (χ0) is 20.2. The number of ether oxygens (including phenoxy) is 1. The van der Waals surface area contributed by atoms with Gasteiger partial charge in [0.1, 0.15) is 0 Å². The van der Waals surface area contributed by atoms with E-state index in [0.717, 1.165) is 39.0 Å². The maximum atomic E-state index is 12.9. The number of cyclic esters (lactones) is 1. The van der Waals surface area contributed by atoms with Crippen LogP contribution in [0.3, 0.4) is 0 Å². The number of nitrogens with zero attached hydrogens (tertiary/aromatic N) is 1. The number of benzene rings is 3. The van der Waals surface area contributed by atoms with Crippen LogP contribution < -0.4 is 4.90 Å². The Morgan fingerprint density at radius 3 is 2.34 bits per heavy atom.